The molecule has 5 aliphatic carbocycles. The number of allylic oxidation sites excluding steroid dienone is 2. The molecule has 0 heterocycles. The molecule has 35 heavy (non-hydrogen) atoms. The number of ketones is 1. The lowest BCUT2D eigenvalue weighted by molar-refractivity contribution is -0.223. The van der Waals surface area contributed by atoms with Crippen LogP contribution in [0, 0.1) is 73.9 Å². The molecule has 192 valence electrons. The van der Waals surface area contributed by atoms with Crippen LogP contribution in [0.5, 0.6) is 0 Å². The van der Waals surface area contributed by atoms with Gasteiger partial charge in [0.15, 0.2) is 5.78 Å². The number of hydrogen-bond acceptors (Lipinski definition) is 3. The van der Waals surface area contributed by atoms with Gasteiger partial charge >= 0.3 is 5.97 Å². The fraction of sp³-hybridized carbons (Fsp3) is 0.839. The zero-order chi connectivity index (χ0) is 25.8. The van der Waals surface area contributed by atoms with E-state index in [4.69, 9.17) is 0 Å². The standard InChI is InChI=1S/C31H45NO3/c1-18(2)20-10-13-31(26(34)35)15-14-29(6)21(24(20)31)8-9-23-28(5)16-19(17-32)25(33)27(3,4)22(28)11-12-30(23,29)7/h16,18,20-24H,8-15H2,1-7H3,(H,34,35)/t20-,21?,22-,23+,24+,28-,29+,30+,31?/m0/s1. The second kappa shape index (κ2) is 7.45. The third kappa shape index (κ3) is 2.85. The van der Waals surface area contributed by atoms with Crippen LogP contribution in [0.3, 0.4) is 0 Å². The number of Topliss-reactive ketones (excluding diaryl/α,β-unsaturated/α-hetero) is 1. The zero-order valence-electron chi connectivity index (χ0n) is 22.9. The molecule has 0 aliphatic heterocycles. The van der Waals surface area contributed by atoms with Gasteiger partial charge in [-0.15, -0.1) is 0 Å². The fourth-order valence-corrected chi connectivity index (χ4v) is 11.4. The molecular weight excluding hydrogens is 434 g/mol. The lowest BCUT2D eigenvalue weighted by atomic mass is 9.32. The van der Waals surface area contributed by atoms with Crippen molar-refractivity contribution in [2.45, 2.75) is 99.8 Å². The quantitative estimate of drug-likeness (QED) is 0.460. The van der Waals surface area contributed by atoms with Crippen molar-refractivity contribution in [1.29, 1.82) is 5.26 Å². The minimum absolute atomic E-state index is 0.0145. The SMILES string of the molecule is CC(C)[C@@H]1CCC2(C(=O)O)CC[C@]3(C)C(CC[C@@H]4[C@@]5(C)C=C(C#N)C(=O)C(C)(C)[C@@H]5CC[C@]43C)[C@@H]12. The van der Waals surface area contributed by atoms with Crippen LogP contribution in [-0.4, -0.2) is 16.9 Å². The van der Waals surface area contributed by atoms with Crippen molar-refractivity contribution in [1.82, 2.24) is 0 Å². The summed E-state index contributed by atoms with van der Waals surface area (Å²) in [7, 11) is 0. The maximum absolute atomic E-state index is 13.2. The van der Waals surface area contributed by atoms with Gasteiger partial charge in [0.1, 0.15) is 6.07 Å². The van der Waals surface area contributed by atoms with Gasteiger partial charge in [-0.2, -0.15) is 5.26 Å². The maximum Gasteiger partial charge on any atom is 0.309 e. The molecule has 0 spiro atoms. The van der Waals surface area contributed by atoms with Crippen molar-refractivity contribution in [3.05, 3.63) is 11.6 Å². The van der Waals surface area contributed by atoms with E-state index < -0.39 is 16.8 Å². The van der Waals surface area contributed by atoms with Crippen LogP contribution in [0.1, 0.15) is 99.8 Å². The van der Waals surface area contributed by atoms with Crippen LogP contribution in [0.25, 0.3) is 0 Å². The fourth-order valence-electron chi connectivity index (χ4n) is 11.4. The zero-order valence-corrected chi connectivity index (χ0v) is 22.9. The number of hydrogen-bond donors (Lipinski definition) is 1. The molecule has 4 saturated carbocycles. The Morgan fingerprint density at radius 2 is 1.66 bits per heavy atom. The normalized spacial score (nSPS) is 50.3. The van der Waals surface area contributed by atoms with E-state index in [1.54, 1.807) is 0 Å². The number of nitriles is 1. The first kappa shape index (κ1) is 25.0. The molecule has 5 rings (SSSR count). The van der Waals surface area contributed by atoms with Crippen molar-refractivity contribution in [3.8, 4) is 6.07 Å². The highest BCUT2D eigenvalue weighted by molar-refractivity contribution is 6.04. The van der Waals surface area contributed by atoms with E-state index in [0.29, 0.717) is 29.2 Å². The molecule has 4 nitrogen and oxygen atoms in total. The number of carbonyl (C=O) groups is 2. The molecule has 0 amide bonds. The Morgan fingerprint density at radius 1 is 0.971 bits per heavy atom. The van der Waals surface area contributed by atoms with Gasteiger partial charge in [0.25, 0.3) is 0 Å². The minimum atomic E-state index is -0.551. The average molecular weight is 480 g/mol. The molecule has 9 atom stereocenters. The number of rotatable bonds is 2. The highest BCUT2D eigenvalue weighted by Crippen LogP contribution is 2.77. The highest BCUT2D eigenvalue weighted by Gasteiger charge is 2.72. The molecule has 0 radical (unpaired) electrons. The van der Waals surface area contributed by atoms with Crippen molar-refractivity contribution >= 4 is 11.8 Å². The first-order valence-corrected chi connectivity index (χ1v) is 14.1. The third-order valence-electron chi connectivity index (χ3n) is 13.2. The molecule has 0 bridgehead atoms. The van der Waals surface area contributed by atoms with Crippen LogP contribution in [0.4, 0.5) is 0 Å². The Morgan fingerprint density at radius 3 is 2.26 bits per heavy atom. The van der Waals surface area contributed by atoms with Gasteiger partial charge in [-0.05, 0) is 103 Å². The number of carbonyl (C=O) groups excluding carboxylic acids is 1. The smallest absolute Gasteiger partial charge is 0.309 e. The lowest BCUT2D eigenvalue weighted by Gasteiger charge is -2.71. The van der Waals surface area contributed by atoms with Crippen molar-refractivity contribution < 1.29 is 14.7 Å². The topological polar surface area (TPSA) is 78.2 Å². The molecule has 0 aromatic carbocycles. The summed E-state index contributed by atoms with van der Waals surface area (Å²) >= 11 is 0. The largest absolute Gasteiger partial charge is 0.481 e. The van der Waals surface area contributed by atoms with Gasteiger partial charge in [-0.1, -0.05) is 54.5 Å². The molecule has 4 heteroatoms. The maximum atomic E-state index is 13.2. The van der Waals surface area contributed by atoms with E-state index in [1.165, 1.54) is 0 Å². The van der Waals surface area contributed by atoms with E-state index in [2.05, 4.69) is 60.6 Å². The first-order chi connectivity index (χ1) is 16.2. The molecule has 2 unspecified atom stereocenters. The Hall–Kier alpha value is -1.63. The molecule has 5 aliphatic rings. The summed E-state index contributed by atoms with van der Waals surface area (Å²) in [6.07, 6.45) is 9.99. The summed E-state index contributed by atoms with van der Waals surface area (Å²) in [5.74, 6) is 1.80. The van der Waals surface area contributed by atoms with E-state index in [9.17, 15) is 20.0 Å². The first-order valence-electron chi connectivity index (χ1n) is 14.1. The minimum Gasteiger partial charge on any atom is -0.481 e. The predicted octanol–water partition coefficient (Wildman–Crippen LogP) is 7.05. The molecule has 1 N–H and O–H groups in total. The highest BCUT2D eigenvalue weighted by atomic mass is 16.4. The monoisotopic (exact) mass is 479 g/mol. The van der Waals surface area contributed by atoms with Crippen molar-refractivity contribution in [3.63, 3.8) is 0 Å². The Labute approximate surface area is 211 Å². The van der Waals surface area contributed by atoms with E-state index in [0.717, 1.165) is 51.4 Å². The molecule has 4 fully saturated rings. The number of fused-ring (bicyclic) bond motifs is 7. The summed E-state index contributed by atoms with van der Waals surface area (Å²) in [4.78, 5) is 26.0. The molecule has 0 saturated heterocycles. The van der Waals surface area contributed by atoms with Gasteiger partial charge < -0.3 is 5.11 Å². The van der Waals surface area contributed by atoms with E-state index in [1.807, 2.05) is 0 Å². The molecule has 0 aromatic rings. The van der Waals surface area contributed by atoms with Gasteiger partial charge in [0, 0.05) is 5.41 Å². The van der Waals surface area contributed by atoms with Crippen molar-refractivity contribution in [2.75, 3.05) is 0 Å². The number of carboxylic acids is 1. The summed E-state index contributed by atoms with van der Waals surface area (Å²) < 4.78 is 0. The Balaban J connectivity index is 1.61. The van der Waals surface area contributed by atoms with Gasteiger partial charge in [-0.3, -0.25) is 9.59 Å². The number of carboxylic acid groups (broad SMARTS) is 1. The Kier molecular flexibility index (Phi) is 5.33. The second-order valence-electron chi connectivity index (χ2n) is 14.7. The molecular formula is C31H45NO3. The average Bonchev–Trinajstić information content (AvgIpc) is 3.18. The van der Waals surface area contributed by atoms with E-state index in [-0.39, 0.29) is 33.9 Å². The van der Waals surface area contributed by atoms with Crippen LogP contribution < -0.4 is 0 Å². The van der Waals surface area contributed by atoms with Crippen LogP contribution in [0.2, 0.25) is 0 Å². The van der Waals surface area contributed by atoms with Gasteiger partial charge in [-0.25, -0.2) is 0 Å². The van der Waals surface area contributed by atoms with Crippen LogP contribution in [-0.2, 0) is 9.59 Å². The summed E-state index contributed by atoms with van der Waals surface area (Å²) in [5.41, 5.74) is -0.739. The third-order valence-corrected chi connectivity index (χ3v) is 13.2. The summed E-state index contributed by atoms with van der Waals surface area (Å²) in [5, 5.41) is 20.4. The number of aliphatic carboxylic acids is 1. The van der Waals surface area contributed by atoms with Crippen LogP contribution >= 0.6 is 0 Å². The predicted molar refractivity (Wildman–Crippen MR) is 136 cm³/mol. The second-order valence-corrected chi connectivity index (χ2v) is 14.7. The van der Waals surface area contributed by atoms with Crippen molar-refractivity contribution in [2.24, 2.45) is 62.6 Å². The summed E-state index contributed by atoms with van der Waals surface area (Å²) in [6.45, 7) is 16.1. The van der Waals surface area contributed by atoms with Gasteiger partial charge in [0.2, 0.25) is 0 Å². The lowest BCUT2D eigenvalue weighted by Crippen LogP contribution is -2.66. The number of nitrogens with zero attached hydrogens (tertiary/aromatic N) is 1. The van der Waals surface area contributed by atoms with E-state index >= 15 is 0 Å². The van der Waals surface area contributed by atoms with Gasteiger partial charge in [0.05, 0.1) is 11.0 Å². The Bertz CT molecular complexity index is 1030. The molecule has 0 aromatic heterocycles. The summed E-state index contributed by atoms with van der Waals surface area (Å²) in [6, 6.07) is 2.25. The van der Waals surface area contributed by atoms with Crippen LogP contribution in [0.15, 0.2) is 11.6 Å².